The quantitative estimate of drug-likeness (QED) is 0.654. The molecule has 2 aromatic carbocycles. The Balaban J connectivity index is 1.88. The molecule has 0 heterocycles. The smallest absolute Gasteiger partial charge is 0.126 e. The maximum atomic E-state index is 14.0. The van der Waals surface area contributed by atoms with Crippen molar-refractivity contribution >= 4 is 11.6 Å². The number of nitrogens with two attached hydrogens (primary N) is 1. The maximum Gasteiger partial charge on any atom is 0.126 e. The molecule has 2 nitrogen and oxygen atoms in total. The molecule has 0 saturated heterocycles. The zero-order chi connectivity index (χ0) is 14.9. The average Bonchev–Trinajstić information content (AvgIpc) is 3.31. The van der Waals surface area contributed by atoms with Gasteiger partial charge >= 0.3 is 0 Å². The highest BCUT2D eigenvalue weighted by Gasteiger charge is 2.50. The normalized spacial score (nSPS) is 17.5. The van der Waals surface area contributed by atoms with E-state index < -0.39 is 0 Å². The predicted molar refractivity (Wildman–Crippen MR) is 83.6 cm³/mol. The van der Waals surface area contributed by atoms with Gasteiger partial charge in [0.25, 0.3) is 0 Å². The highest BCUT2D eigenvalue weighted by atomic mass is 35.5. The van der Waals surface area contributed by atoms with Gasteiger partial charge in [-0.25, -0.2) is 4.39 Å². The van der Waals surface area contributed by atoms with Crippen LogP contribution in [0.2, 0.25) is 5.02 Å². The van der Waals surface area contributed by atoms with E-state index in [9.17, 15) is 4.39 Å². The number of rotatable bonds is 5. The second kappa shape index (κ2) is 5.76. The van der Waals surface area contributed by atoms with E-state index >= 15 is 0 Å². The van der Waals surface area contributed by atoms with Crippen LogP contribution in [0.25, 0.3) is 0 Å². The van der Waals surface area contributed by atoms with Gasteiger partial charge in [-0.1, -0.05) is 41.9 Å². The number of halogens is 2. The Labute approximate surface area is 129 Å². The number of hydrazine groups is 1. The molecule has 0 aliphatic heterocycles. The average molecular weight is 305 g/mol. The molecule has 3 rings (SSSR count). The summed E-state index contributed by atoms with van der Waals surface area (Å²) in [7, 11) is 0. The van der Waals surface area contributed by atoms with Gasteiger partial charge in [0.05, 0.1) is 0 Å². The maximum absolute atomic E-state index is 14.0. The zero-order valence-electron chi connectivity index (χ0n) is 11.7. The largest absolute Gasteiger partial charge is 0.271 e. The summed E-state index contributed by atoms with van der Waals surface area (Å²) in [5, 5.41) is 0.548. The number of hydrogen-bond donors (Lipinski definition) is 2. The van der Waals surface area contributed by atoms with Crippen LogP contribution >= 0.6 is 11.6 Å². The monoisotopic (exact) mass is 304 g/mol. The standard InChI is InChI=1S/C17H18ClFN2/c18-14-6-7-15(19)12(10-14)11-16(21-20)17(8-9-17)13-4-2-1-3-5-13/h1-7,10,16,21H,8-9,11,20H2. The van der Waals surface area contributed by atoms with Crippen molar-refractivity contribution in [3.05, 3.63) is 70.5 Å². The molecule has 1 atom stereocenters. The second-order valence-corrected chi connectivity index (χ2v) is 6.12. The summed E-state index contributed by atoms with van der Waals surface area (Å²) < 4.78 is 14.0. The van der Waals surface area contributed by atoms with Crippen LogP contribution < -0.4 is 11.3 Å². The molecule has 4 heteroatoms. The van der Waals surface area contributed by atoms with E-state index in [-0.39, 0.29) is 17.3 Å². The highest BCUT2D eigenvalue weighted by molar-refractivity contribution is 6.30. The van der Waals surface area contributed by atoms with Crippen LogP contribution in [0.3, 0.4) is 0 Å². The van der Waals surface area contributed by atoms with E-state index in [1.807, 2.05) is 18.2 Å². The molecular formula is C17H18ClFN2. The Hall–Kier alpha value is -1.42. The van der Waals surface area contributed by atoms with Gasteiger partial charge in [-0.2, -0.15) is 0 Å². The molecule has 3 N–H and O–H groups in total. The molecule has 21 heavy (non-hydrogen) atoms. The van der Waals surface area contributed by atoms with Gasteiger partial charge in [0, 0.05) is 16.5 Å². The summed E-state index contributed by atoms with van der Waals surface area (Å²) in [6.45, 7) is 0. The van der Waals surface area contributed by atoms with Crippen LogP contribution in [0.5, 0.6) is 0 Å². The van der Waals surface area contributed by atoms with Crippen molar-refractivity contribution in [1.82, 2.24) is 5.43 Å². The molecular weight excluding hydrogens is 287 g/mol. The van der Waals surface area contributed by atoms with E-state index in [1.54, 1.807) is 12.1 Å². The van der Waals surface area contributed by atoms with Gasteiger partial charge in [0.15, 0.2) is 0 Å². The minimum absolute atomic E-state index is 0.00473. The van der Waals surface area contributed by atoms with Crippen LogP contribution in [0.1, 0.15) is 24.0 Å². The van der Waals surface area contributed by atoms with Gasteiger partial charge in [-0.15, -0.1) is 0 Å². The lowest BCUT2D eigenvalue weighted by Gasteiger charge is -2.27. The summed E-state index contributed by atoms with van der Waals surface area (Å²) in [5.41, 5.74) is 4.76. The van der Waals surface area contributed by atoms with Crippen LogP contribution in [-0.4, -0.2) is 6.04 Å². The van der Waals surface area contributed by atoms with Gasteiger partial charge in [-0.3, -0.25) is 11.3 Å². The van der Waals surface area contributed by atoms with Crippen LogP contribution in [0, 0.1) is 5.82 Å². The molecule has 2 aromatic rings. The molecule has 0 aromatic heterocycles. The molecule has 0 amide bonds. The van der Waals surface area contributed by atoms with Crippen molar-refractivity contribution < 1.29 is 4.39 Å². The lowest BCUT2D eigenvalue weighted by molar-refractivity contribution is 0.414. The fourth-order valence-electron chi connectivity index (χ4n) is 3.08. The first-order valence-electron chi connectivity index (χ1n) is 7.11. The molecule has 0 bridgehead atoms. The van der Waals surface area contributed by atoms with E-state index in [2.05, 4.69) is 17.6 Å². The summed E-state index contributed by atoms with van der Waals surface area (Å²) in [4.78, 5) is 0. The molecule has 1 fully saturated rings. The Morgan fingerprint density at radius 2 is 1.90 bits per heavy atom. The molecule has 1 unspecified atom stereocenters. The van der Waals surface area contributed by atoms with Crippen molar-refractivity contribution in [2.45, 2.75) is 30.7 Å². The van der Waals surface area contributed by atoms with Gasteiger partial charge in [-0.05, 0) is 48.6 Å². The van der Waals surface area contributed by atoms with Gasteiger partial charge < -0.3 is 0 Å². The first-order valence-corrected chi connectivity index (χ1v) is 7.49. The SMILES string of the molecule is NNC(Cc1cc(Cl)ccc1F)C1(c2ccccc2)CC1. The lowest BCUT2D eigenvalue weighted by atomic mass is 9.84. The number of benzene rings is 2. The minimum Gasteiger partial charge on any atom is -0.271 e. The third-order valence-electron chi connectivity index (χ3n) is 4.44. The molecule has 110 valence electrons. The Bertz CT molecular complexity index is 626. The van der Waals surface area contributed by atoms with Gasteiger partial charge in [0.1, 0.15) is 5.82 Å². The lowest BCUT2D eigenvalue weighted by Crippen LogP contribution is -2.45. The van der Waals surface area contributed by atoms with Crippen LogP contribution in [0.4, 0.5) is 4.39 Å². The van der Waals surface area contributed by atoms with Crippen molar-refractivity contribution in [2.75, 3.05) is 0 Å². The fourth-order valence-corrected chi connectivity index (χ4v) is 3.27. The van der Waals surface area contributed by atoms with E-state index in [0.717, 1.165) is 12.8 Å². The number of nitrogens with one attached hydrogen (secondary N) is 1. The molecule has 1 saturated carbocycles. The van der Waals surface area contributed by atoms with Crippen molar-refractivity contribution in [3.63, 3.8) is 0 Å². The third kappa shape index (κ3) is 2.82. The van der Waals surface area contributed by atoms with Crippen LogP contribution in [-0.2, 0) is 11.8 Å². The Morgan fingerprint density at radius 3 is 2.52 bits per heavy atom. The topological polar surface area (TPSA) is 38.0 Å². The first kappa shape index (κ1) is 14.5. The van der Waals surface area contributed by atoms with Crippen LogP contribution in [0.15, 0.2) is 48.5 Å². The van der Waals surface area contributed by atoms with Crippen molar-refractivity contribution in [2.24, 2.45) is 5.84 Å². The predicted octanol–water partition coefficient (Wildman–Crippen LogP) is 3.59. The molecule has 1 aliphatic rings. The summed E-state index contributed by atoms with van der Waals surface area (Å²) in [6.07, 6.45) is 2.65. The minimum atomic E-state index is -0.233. The highest BCUT2D eigenvalue weighted by Crippen LogP contribution is 2.51. The zero-order valence-corrected chi connectivity index (χ0v) is 12.4. The van der Waals surface area contributed by atoms with E-state index in [1.165, 1.54) is 11.6 Å². The molecule has 0 spiro atoms. The van der Waals surface area contributed by atoms with Gasteiger partial charge in [0.2, 0.25) is 0 Å². The molecule has 1 aliphatic carbocycles. The van der Waals surface area contributed by atoms with E-state index in [4.69, 9.17) is 17.4 Å². The molecule has 0 radical (unpaired) electrons. The number of hydrogen-bond acceptors (Lipinski definition) is 2. The summed E-state index contributed by atoms with van der Waals surface area (Å²) >= 11 is 5.97. The summed E-state index contributed by atoms with van der Waals surface area (Å²) in [5.74, 6) is 5.53. The third-order valence-corrected chi connectivity index (χ3v) is 4.67. The fraction of sp³-hybridized carbons (Fsp3) is 0.294. The first-order chi connectivity index (χ1) is 10.2. The summed E-state index contributed by atoms with van der Waals surface area (Å²) in [6, 6.07) is 14.9. The van der Waals surface area contributed by atoms with E-state index in [0.29, 0.717) is 17.0 Å². The Kier molecular flexibility index (Phi) is 3.98. The van der Waals surface area contributed by atoms with Crippen molar-refractivity contribution in [1.29, 1.82) is 0 Å². The Morgan fingerprint density at radius 1 is 1.19 bits per heavy atom. The second-order valence-electron chi connectivity index (χ2n) is 5.68. The van der Waals surface area contributed by atoms with Crippen molar-refractivity contribution in [3.8, 4) is 0 Å².